The van der Waals surface area contributed by atoms with Crippen LogP contribution < -0.4 is 10.7 Å². The molecule has 2 rings (SSSR count). The van der Waals surface area contributed by atoms with Crippen LogP contribution in [0.3, 0.4) is 0 Å². The molecule has 24 heavy (non-hydrogen) atoms. The zero-order chi connectivity index (χ0) is 17.5. The van der Waals surface area contributed by atoms with Crippen LogP contribution in [0, 0.1) is 12.8 Å². The van der Waals surface area contributed by atoms with Crippen molar-refractivity contribution in [2.24, 2.45) is 11.0 Å². The minimum absolute atomic E-state index is 0.0415. The number of amides is 2. The highest BCUT2D eigenvalue weighted by molar-refractivity contribution is 6.31. The van der Waals surface area contributed by atoms with E-state index < -0.39 is 0 Å². The van der Waals surface area contributed by atoms with Gasteiger partial charge in [-0.15, -0.1) is 0 Å². The molecule has 0 aromatic heterocycles. The Hall–Kier alpha value is -1.88. The van der Waals surface area contributed by atoms with Crippen LogP contribution in [-0.2, 0) is 9.59 Å². The third-order valence-corrected chi connectivity index (χ3v) is 4.70. The number of hydrogen-bond donors (Lipinski definition) is 2. The highest BCUT2D eigenvalue weighted by Crippen LogP contribution is 2.24. The number of nitrogens with zero attached hydrogens (tertiary/aromatic N) is 1. The molecular formula is C18H24ClN3O2. The Morgan fingerprint density at radius 3 is 2.67 bits per heavy atom. The summed E-state index contributed by atoms with van der Waals surface area (Å²) in [6.07, 6.45) is 5.38. The normalized spacial score (nSPS) is 15.9. The summed E-state index contributed by atoms with van der Waals surface area (Å²) >= 11 is 6.04. The van der Waals surface area contributed by atoms with Crippen LogP contribution in [0.15, 0.2) is 23.3 Å². The molecule has 1 aliphatic rings. The number of halogens is 1. The lowest BCUT2D eigenvalue weighted by molar-refractivity contribution is -0.126. The van der Waals surface area contributed by atoms with Gasteiger partial charge >= 0.3 is 0 Å². The molecule has 5 nitrogen and oxygen atoms in total. The number of anilines is 1. The molecule has 0 atom stereocenters. The number of carbonyl (C=O) groups is 2. The maximum atomic E-state index is 12.1. The standard InChI is InChI=1S/C18H24ClN3O2/c1-12(21-22-18(24)14-7-4-3-5-8-14)11-17(23)20-16-10-6-9-15(19)13(16)2/h6,9-10,14H,3-5,7-8,11H2,1-2H3,(H,20,23)(H,22,24)/b21-12-. The summed E-state index contributed by atoms with van der Waals surface area (Å²) in [6.45, 7) is 3.58. The molecule has 0 bridgehead atoms. The lowest BCUT2D eigenvalue weighted by Crippen LogP contribution is -2.29. The molecular weight excluding hydrogens is 326 g/mol. The Kier molecular flexibility index (Phi) is 6.79. The number of rotatable bonds is 5. The van der Waals surface area contributed by atoms with Gasteiger partial charge < -0.3 is 5.32 Å². The van der Waals surface area contributed by atoms with E-state index in [1.807, 2.05) is 6.92 Å². The fourth-order valence-electron chi connectivity index (χ4n) is 2.82. The second-order valence-corrected chi connectivity index (χ2v) is 6.70. The molecule has 0 heterocycles. The topological polar surface area (TPSA) is 70.6 Å². The smallest absolute Gasteiger partial charge is 0.243 e. The average molecular weight is 350 g/mol. The van der Waals surface area contributed by atoms with Crippen LogP contribution in [0.1, 0.15) is 51.0 Å². The summed E-state index contributed by atoms with van der Waals surface area (Å²) in [6, 6.07) is 5.37. The van der Waals surface area contributed by atoms with Crippen LogP contribution in [0.5, 0.6) is 0 Å². The first-order chi connectivity index (χ1) is 11.5. The first-order valence-corrected chi connectivity index (χ1v) is 8.73. The van der Waals surface area contributed by atoms with Gasteiger partial charge in [0.25, 0.3) is 0 Å². The van der Waals surface area contributed by atoms with E-state index in [4.69, 9.17) is 11.6 Å². The average Bonchev–Trinajstić information content (AvgIpc) is 2.57. The van der Waals surface area contributed by atoms with Crippen LogP contribution in [0.2, 0.25) is 5.02 Å². The predicted octanol–water partition coefficient (Wildman–Crippen LogP) is 4.05. The molecule has 1 saturated carbocycles. The van der Waals surface area contributed by atoms with Gasteiger partial charge in [0.15, 0.2) is 0 Å². The first-order valence-electron chi connectivity index (χ1n) is 8.35. The fraction of sp³-hybridized carbons (Fsp3) is 0.500. The molecule has 0 spiro atoms. The van der Waals surface area contributed by atoms with E-state index in [2.05, 4.69) is 15.8 Å². The van der Waals surface area contributed by atoms with E-state index >= 15 is 0 Å². The Morgan fingerprint density at radius 2 is 1.96 bits per heavy atom. The van der Waals surface area contributed by atoms with Gasteiger partial charge in [-0.3, -0.25) is 9.59 Å². The lowest BCUT2D eigenvalue weighted by Gasteiger charge is -2.19. The maximum Gasteiger partial charge on any atom is 0.243 e. The number of hydrazone groups is 1. The third kappa shape index (κ3) is 5.34. The summed E-state index contributed by atoms with van der Waals surface area (Å²) in [5.74, 6) is -0.174. The van der Waals surface area contributed by atoms with Crippen LogP contribution >= 0.6 is 11.6 Å². The highest BCUT2D eigenvalue weighted by atomic mass is 35.5. The SMILES string of the molecule is C/C(CC(=O)Nc1cccc(Cl)c1C)=N/NC(=O)C1CCCCC1. The van der Waals surface area contributed by atoms with Gasteiger partial charge in [-0.1, -0.05) is 36.9 Å². The van der Waals surface area contributed by atoms with E-state index in [-0.39, 0.29) is 24.2 Å². The van der Waals surface area contributed by atoms with E-state index in [1.165, 1.54) is 6.42 Å². The quantitative estimate of drug-likeness (QED) is 0.621. The van der Waals surface area contributed by atoms with Gasteiger partial charge in [0, 0.05) is 22.3 Å². The zero-order valence-corrected chi connectivity index (χ0v) is 14.9. The van der Waals surface area contributed by atoms with E-state index in [9.17, 15) is 9.59 Å². The van der Waals surface area contributed by atoms with Crippen molar-refractivity contribution in [2.45, 2.75) is 52.4 Å². The van der Waals surface area contributed by atoms with Crippen molar-refractivity contribution in [3.63, 3.8) is 0 Å². The van der Waals surface area contributed by atoms with E-state index in [0.717, 1.165) is 31.2 Å². The molecule has 1 aromatic rings. The number of hydrogen-bond acceptors (Lipinski definition) is 3. The van der Waals surface area contributed by atoms with Crippen LogP contribution in [0.25, 0.3) is 0 Å². The summed E-state index contributed by atoms with van der Waals surface area (Å²) < 4.78 is 0. The van der Waals surface area contributed by atoms with Crippen molar-refractivity contribution in [1.29, 1.82) is 0 Å². The minimum atomic E-state index is -0.187. The van der Waals surface area contributed by atoms with Crippen molar-refractivity contribution in [3.8, 4) is 0 Å². The fourth-order valence-corrected chi connectivity index (χ4v) is 2.99. The van der Waals surface area contributed by atoms with Crippen molar-refractivity contribution < 1.29 is 9.59 Å². The second-order valence-electron chi connectivity index (χ2n) is 6.30. The Balaban J connectivity index is 1.84. The summed E-state index contributed by atoms with van der Waals surface area (Å²) in [5.41, 5.74) is 4.67. The predicted molar refractivity (Wildman–Crippen MR) is 97.3 cm³/mol. The molecule has 2 N–H and O–H groups in total. The second kappa shape index (κ2) is 8.83. The third-order valence-electron chi connectivity index (χ3n) is 4.29. The number of nitrogens with one attached hydrogen (secondary N) is 2. The molecule has 1 aromatic carbocycles. The van der Waals surface area contributed by atoms with Gasteiger partial charge in [0.1, 0.15) is 0 Å². The molecule has 0 radical (unpaired) electrons. The van der Waals surface area contributed by atoms with Crippen LogP contribution in [-0.4, -0.2) is 17.5 Å². The molecule has 130 valence electrons. The summed E-state index contributed by atoms with van der Waals surface area (Å²) in [4.78, 5) is 24.1. The van der Waals surface area contributed by atoms with Crippen molar-refractivity contribution in [2.75, 3.05) is 5.32 Å². The largest absolute Gasteiger partial charge is 0.325 e. The Morgan fingerprint density at radius 1 is 1.25 bits per heavy atom. The van der Waals surface area contributed by atoms with Crippen molar-refractivity contribution in [3.05, 3.63) is 28.8 Å². The van der Waals surface area contributed by atoms with E-state index in [0.29, 0.717) is 16.4 Å². The molecule has 2 amide bonds. The van der Waals surface area contributed by atoms with Gasteiger partial charge in [-0.25, -0.2) is 5.43 Å². The van der Waals surface area contributed by atoms with Gasteiger partial charge in [-0.2, -0.15) is 5.10 Å². The molecule has 6 heteroatoms. The molecule has 0 unspecified atom stereocenters. The first kappa shape index (κ1) is 18.5. The molecule has 0 saturated heterocycles. The molecule has 1 fully saturated rings. The lowest BCUT2D eigenvalue weighted by atomic mass is 9.89. The number of carbonyl (C=O) groups excluding carboxylic acids is 2. The Bertz CT molecular complexity index is 637. The van der Waals surface area contributed by atoms with Crippen LogP contribution in [0.4, 0.5) is 5.69 Å². The molecule has 1 aliphatic carbocycles. The maximum absolute atomic E-state index is 12.1. The Labute approximate surface area is 147 Å². The van der Waals surface area contributed by atoms with E-state index in [1.54, 1.807) is 25.1 Å². The van der Waals surface area contributed by atoms with Gasteiger partial charge in [0.2, 0.25) is 11.8 Å². The summed E-state index contributed by atoms with van der Waals surface area (Å²) in [7, 11) is 0. The van der Waals surface area contributed by atoms with Gasteiger partial charge in [0.05, 0.1) is 6.42 Å². The number of benzene rings is 1. The van der Waals surface area contributed by atoms with Gasteiger partial charge in [-0.05, 0) is 44.4 Å². The zero-order valence-electron chi connectivity index (χ0n) is 14.2. The van der Waals surface area contributed by atoms with Crippen molar-refractivity contribution in [1.82, 2.24) is 5.43 Å². The van der Waals surface area contributed by atoms with Crippen molar-refractivity contribution >= 4 is 34.8 Å². The monoisotopic (exact) mass is 349 g/mol. The summed E-state index contributed by atoms with van der Waals surface area (Å²) in [5, 5.41) is 7.48. The molecule has 0 aliphatic heterocycles. The highest BCUT2D eigenvalue weighted by Gasteiger charge is 2.20. The minimum Gasteiger partial charge on any atom is -0.325 e.